The fourth-order valence-corrected chi connectivity index (χ4v) is 3.19. The van der Waals surface area contributed by atoms with Crippen molar-refractivity contribution < 1.29 is 32.2 Å². The molecule has 0 saturated carbocycles. The number of halogens is 3. The van der Waals surface area contributed by atoms with Gasteiger partial charge in [-0.15, -0.1) is 13.2 Å². The van der Waals surface area contributed by atoms with Crippen LogP contribution in [0.1, 0.15) is 21.7 Å². The monoisotopic (exact) mass is 397 g/mol. The highest BCUT2D eigenvalue weighted by atomic mass is 32.1. The van der Waals surface area contributed by atoms with Crippen molar-refractivity contribution in [3.05, 3.63) is 76.4 Å². The van der Waals surface area contributed by atoms with Crippen molar-refractivity contribution in [3.63, 3.8) is 0 Å². The molecule has 3 aromatic rings. The van der Waals surface area contributed by atoms with E-state index in [1.54, 1.807) is 29.0 Å². The summed E-state index contributed by atoms with van der Waals surface area (Å²) in [6.45, 7) is -0.184. The van der Waals surface area contributed by atoms with Gasteiger partial charge in [-0.1, -0.05) is 0 Å². The molecule has 2 heterocycles. The summed E-state index contributed by atoms with van der Waals surface area (Å²) >= 11 is 1.38. The summed E-state index contributed by atoms with van der Waals surface area (Å²) in [6, 6.07) is 9.41. The van der Waals surface area contributed by atoms with Gasteiger partial charge in [-0.2, -0.15) is 11.3 Å². The van der Waals surface area contributed by atoms with Crippen molar-refractivity contribution in [1.29, 1.82) is 0 Å². The molecule has 0 aliphatic heterocycles. The highest BCUT2D eigenvalue weighted by Crippen LogP contribution is 2.31. The molecule has 0 spiro atoms. The van der Waals surface area contributed by atoms with Crippen molar-refractivity contribution >= 4 is 17.2 Å². The third-order valence-corrected chi connectivity index (χ3v) is 4.47. The number of hydrogen-bond acceptors (Lipinski definition) is 5. The number of furan rings is 1. The zero-order valence-electron chi connectivity index (χ0n) is 13.7. The molecule has 2 aromatic heterocycles. The molecule has 0 aliphatic rings. The summed E-state index contributed by atoms with van der Waals surface area (Å²) in [5, 5.41) is 17.1. The van der Waals surface area contributed by atoms with Crippen molar-refractivity contribution in [3.8, 4) is 5.75 Å². The summed E-state index contributed by atoms with van der Waals surface area (Å²) in [5.41, 5.74) is -0.897. The van der Waals surface area contributed by atoms with E-state index in [9.17, 15) is 23.1 Å². The van der Waals surface area contributed by atoms with Crippen molar-refractivity contribution in [2.75, 3.05) is 6.54 Å². The molecule has 2 N–H and O–H groups in total. The first-order chi connectivity index (χ1) is 12.8. The van der Waals surface area contributed by atoms with Crippen LogP contribution in [-0.2, 0) is 5.60 Å². The topological polar surface area (TPSA) is 71.7 Å². The minimum atomic E-state index is -4.80. The minimum Gasteiger partial charge on any atom is -0.466 e. The maximum Gasteiger partial charge on any atom is 0.573 e. The summed E-state index contributed by atoms with van der Waals surface area (Å²) < 4.78 is 45.6. The Morgan fingerprint density at radius 2 is 1.93 bits per heavy atom. The van der Waals surface area contributed by atoms with E-state index in [-0.39, 0.29) is 17.9 Å². The van der Waals surface area contributed by atoms with Gasteiger partial charge < -0.3 is 19.6 Å². The second-order valence-electron chi connectivity index (χ2n) is 5.60. The summed E-state index contributed by atoms with van der Waals surface area (Å²) in [6.07, 6.45) is -3.39. The standard InChI is InChI=1S/C18H14F3NO4S/c19-18(20,21)26-14-5-3-12(4-6-14)16(23)22-11-17(24,13-7-9-27-10-13)15-2-1-8-25-15/h1-10,24H,11H2,(H,22,23). The quantitative estimate of drug-likeness (QED) is 0.662. The number of aliphatic hydroxyl groups is 1. The van der Waals surface area contributed by atoms with Gasteiger partial charge in [0.2, 0.25) is 0 Å². The third-order valence-electron chi connectivity index (χ3n) is 3.78. The van der Waals surface area contributed by atoms with E-state index in [0.717, 1.165) is 12.1 Å². The Morgan fingerprint density at radius 1 is 1.19 bits per heavy atom. The molecular formula is C18H14F3NO4S. The molecule has 1 amide bonds. The lowest BCUT2D eigenvalue weighted by atomic mass is 9.93. The number of ether oxygens (including phenoxy) is 1. The minimum absolute atomic E-state index is 0.122. The second-order valence-corrected chi connectivity index (χ2v) is 6.38. The van der Waals surface area contributed by atoms with E-state index < -0.39 is 23.6 Å². The third kappa shape index (κ3) is 4.50. The first kappa shape index (κ1) is 19.0. The van der Waals surface area contributed by atoms with E-state index in [0.29, 0.717) is 5.56 Å². The van der Waals surface area contributed by atoms with Gasteiger partial charge in [0, 0.05) is 11.1 Å². The van der Waals surface area contributed by atoms with Gasteiger partial charge in [-0.25, -0.2) is 0 Å². The molecular weight excluding hydrogens is 383 g/mol. The number of benzene rings is 1. The van der Waals surface area contributed by atoms with E-state index >= 15 is 0 Å². The fourth-order valence-electron chi connectivity index (χ4n) is 2.46. The van der Waals surface area contributed by atoms with Crippen molar-refractivity contribution in [1.82, 2.24) is 5.32 Å². The van der Waals surface area contributed by atoms with Crippen LogP contribution in [0, 0.1) is 0 Å². The molecule has 1 unspecified atom stereocenters. The molecule has 0 radical (unpaired) electrons. The Morgan fingerprint density at radius 3 is 2.48 bits per heavy atom. The predicted molar refractivity (Wildman–Crippen MR) is 91.5 cm³/mol. The van der Waals surface area contributed by atoms with Crippen molar-refractivity contribution in [2.45, 2.75) is 12.0 Å². The van der Waals surface area contributed by atoms with Crippen LogP contribution in [0.15, 0.2) is 63.9 Å². The molecule has 27 heavy (non-hydrogen) atoms. The van der Waals surface area contributed by atoms with Gasteiger partial charge in [0.15, 0.2) is 5.60 Å². The fraction of sp³-hybridized carbons (Fsp3) is 0.167. The number of carbonyl (C=O) groups is 1. The zero-order valence-corrected chi connectivity index (χ0v) is 14.5. The first-order valence-corrected chi connectivity index (χ1v) is 8.65. The maximum atomic E-state index is 12.3. The molecule has 1 atom stereocenters. The zero-order chi connectivity index (χ0) is 19.5. The van der Waals surface area contributed by atoms with Crippen LogP contribution in [-0.4, -0.2) is 23.9 Å². The van der Waals surface area contributed by atoms with E-state index in [4.69, 9.17) is 4.42 Å². The van der Waals surface area contributed by atoms with Gasteiger partial charge in [0.25, 0.3) is 5.91 Å². The van der Waals surface area contributed by atoms with Gasteiger partial charge >= 0.3 is 6.36 Å². The SMILES string of the molecule is O=C(NCC(O)(c1ccsc1)c1ccco1)c1ccc(OC(F)(F)F)cc1. The lowest BCUT2D eigenvalue weighted by molar-refractivity contribution is -0.274. The lowest BCUT2D eigenvalue weighted by Crippen LogP contribution is -2.41. The largest absolute Gasteiger partial charge is 0.573 e. The first-order valence-electron chi connectivity index (χ1n) is 7.71. The van der Waals surface area contributed by atoms with Crippen LogP contribution in [0.3, 0.4) is 0 Å². The second kappa shape index (κ2) is 7.45. The molecule has 5 nitrogen and oxygen atoms in total. The number of carbonyl (C=O) groups excluding carboxylic acids is 1. The smallest absolute Gasteiger partial charge is 0.466 e. The molecule has 1 aromatic carbocycles. The Hall–Kier alpha value is -2.78. The molecule has 0 aliphatic carbocycles. The normalized spacial score (nSPS) is 13.8. The van der Waals surface area contributed by atoms with E-state index in [2.05, 4.69) is 10.1 Å². The highest BCUT2D eigenvalue weighted by Gasteiger charge is 2.35. The summed E-state index contributed by atoms with van der Waals surface area (Å²) in [4.78, 5) is 12.3. The molecule has 0 fully saturated rings. The van der Waals surface area contributed by atoms with Gasteiger partial charge in [-0.05, 0) is 53.2 Å². The van der Waals surface area contributed by atoms with Crippen molar-refractivity contribution in [2.24, 2.45) is 0 Å². The van der Waals surface area contributed by atoms with E-state index in [1.165, 1.54) is 29.7 Å². The van der Waals surface area contributed by atoms with Crippen LogP contribution in [0.2, 0.25) is 0 Å². The maximum absolute atomic E-state index is 12.3. The van der Waals surface area contributed by atoms with Crippen LogP contribution >= 0.6 is 11.3 Å². The molecule has 142 valence electrons. The molecule has 3 rings (SSSR count). The molecule has 9 heteroatoms. The lowest BCUT2D eigenvalue weighted by Gasteiger charge is -2.25. The predicted octanol–water partition coefficient (Wildman–Crippen LogP) is 3.91. The van der Waals surface area contributed by atoms with E-state index in [1.807, 2.05) is 0 Å². The van der Waals surface area contributed by atoms with Gasteiger partial charge in [-0.3, -0.25) is 4.79 Å². The number of hydrogen-bond donors (Lipinski definition) is 2. The Kier molecular flexibility index (Phi) is 5.24. The summed E-state index contributed by atoms with van der Waals surface area (Å²) in [5.74, 6) is -0.728. The Labute approximate surface area is 156 Å². The number of nitrogens with one attached hydrogen (secondary N) is 1. The Bertz CT molecular complexity index is 840. The average Bonchev–Trinajstić information content (AvgIpc) is 3.32. The average molecular weight is 397 g/mol. The number of alkyl halides is 3. The number of thiophene rings is 1. The van der Waals surface area contributed by atoms with Crippen LogP contribution < -0.4 is 10.1 Å². The van der Waals surface area contributed by atoms with Crippen LogP contribution in [0.25, 0.3) is 0 Å². The van der Waals surface area contributed by atoms with Gasteiger partial charge in [0.1, 0.15) is 11.5 Å². The van der Waals surface area contributed by atoms with Gasteiger partial charge in [0.05, 0.1) is 12.8 Å². The van der Waals surface area contributed by atoms with Crippen LogP contribution in [0.5, 0.6) is 5.75 Å². The Balaban J connectivity index is 1.72. The number of amides is 1. The summed E-state index contributed by atoms with van der Waals surface area (Å²) in [7, 11) is 0. The highest BCUT2D eigenvalue weighted by molar-refractivity contribution is 7.08. The molecule has 0 saturated heterocycles. The number of rotatable bonds is 6. The molecule has 0 bridgehead atoms. The van der Waals surface area contributed by atoms with Crippen LogP contribution in [0.4, 0.5) is 13.2 Å².